The highest BCUT2D eigenvalue weighted by Crippen LogP contribution is 2.16. The summed E-state index contributed by atoms with van der Waals surface area (Å²) in [5, 5.41) is 9.95. The van der Waals surface area contributed by atoms with Crippen LogP contribution in [0.25, 0.3) is 11.5 Å². The van der Waals surface area contributed by atoms with Crippen molar-refractivity contribution in [2.24, 2.45) is 0 Å². The SMILES string of the molecule is Brc1noc(-c2cn[nH]c2)n1. The molecule has 2 heterocycles. The molecule has 0 atom stereocenters. The predicted octanol–water partition coefficient (Wildman–Crippen LogP) is 1.22. The van der Waals surface area contributed by atoms with E-state index in [0.29, 0.717) is 10.6 Å². The van der Waals surface area contributed by atoms with E-state index in [1.54, 1.807) is 12.4 Å². The Morgan fingerprint density at radius 3 is 3.00 bits per heavy atom. The number of halogens is 1. The van der Waals surface area contributed by atoms with E-state index in [0.717, 1.165) is 5.56 Å². The second-order valence-electron chi connectivity index (χ2n) is 1.86. The van der Waals surface area contributed by atoms with Gasteiger partial charge in [0, 0.05) is 6.20 Å². The molecular formula is C5H3BrN4O. The van der Waals surface area contributed by atoms with Crippen LogP contribution in [-0.4, -0.2) is 20.3 Å². The van der Waals surface area contributed by atoms with Crippen LogP contribution >= 0.6 is 15.9 Å². The van der Waals surface area contributed by atoms with E-state index >= 15 is 0 Å². The first-order chi connectivity index (χ1) is 5.36. The summed E-state index contributed by atoms with van der Waals surface area (Å²) in [5.74, 6) is 0.450. The van der Waals surface area contributed by atoms with E-state index in [4.69, 9.17) is 4.52 Å². The molecule has 2 aromatic heterocycles. The van der Waals surface area contributed by atoms with Crippen molar-refractivity contribution in [2.45, 2.75) is 0 Å². The fourth-order valence-corrected chi connectivity index (χ4v) is 0.924. The van der Waals surface area contributed by atoms with Gasteiger partial charge in [0.05, 0.1) is 11.8 Å². The van der Waals surface area contributed by atoms with E-state index in [1.165, 1.54) is 0 Å². The fourth-order valence-electron chi connectivity index (χ4n) is 0.691. The van der Waals surface area contributed by atoms with Gasteiger partial charge in [-0.1, -0.05) is 0 Å². The number of H-pyrrole nitrogens is 1. The van der Waals surface area contributed by atoms with Gasteiger partial charge in [-0.05, 0) is 21.1 Å². The number of rotatable bonds is 1. The molecule has 0 aromatic carbocycles. The summed E-state index contributed by atoms with van der Waals surface area (Å²) >= 11 is 3.07. The van der Waals surface area contributed by atoms with Gasteiger partial charge in [-0.15, -0.1) is 0 Å². The molecule has 0 radical (unpaired) electrons. The summed E-state index contributed by atoms with van der Waals surface area (Å²) in [6.45, 7) is 0. The van der Waals surface area contributed by atoms with Gasteiger partial charge in [0.25, 0.3) is 5.89 Å². The zero-order chi connectivity index (χ0) is 7.68. The van der Waals surface area contributed by atoms with Crippen LogP contribution in [0.5, 0.6) is 0 Å². The summed E-state index contributed by atoms with van der Waals surface area (Å²) in [4.78, 5) is 3.93. The molecule has 0 aliphatic heterocycles. The number of aromatic amines is 1. The second-order valence-corrected chi connectivity index (χ2v) is 2.56. The van der Waals surface area contributed by atoms with Crippen molar-refractivity contribution in [3.05, 3.63) is 17.1 Å². The van der Waals surface area contributed by atoms with Crippen molar-refractivity contribution in [3.8, 4) is 11.5 Å². The maximum absolute atomic E-state index is 4.84. The molecule has 56 valence electrons. The Kier molecular flexibility index (Phi) is 1.46. The Labute approximate surface area is 69.9 Å². The number of hydrogen-bond donors (Lipinski definition) is 1. The summed E-state index contributed by atoms with van der Waals surface area (Å²) in [6.07, 6.45) is 3.29. The molecule has 0 saturated heterocycles. The lowest BCUT2D eigenvalue weighted by Crippen LogP contribution is -1.70. The van der Waals surface area contributed by atoms with Crippen LogP contribution in [0.2, 0.25) is 0 Å². The molecule has 2 aromatic rings. The molecule has 11 heavy (non-hydrogen) atoms. The van der Waals surface area contributed by atoms with Gasteiger partial charge in [-0.25, -0.2) is 0 Å². The quantitative estimate of drug-likeness (QED) is 0.776. The zero-order valence-corrected chi connectivity index (χ0v) is 6.87. The van der Waals surface area contributed by atoms with E-state index in [1.807, 2.05) is 0 Å². The standard InChI is InChI=1S/C5H3BrN4O/c6-5-9-4(11-10-5)3-1-7-8-2-3/h1-2H,(H,7,8). The molecule has 0 fully saturated rings. The smallest absolute Gasteiger partial charge is 0.261 e. The van der Waals surface area contributed by atoms with E-state index in [-0.39, 0.29) is 0 Å². The van der Waals surface area contributed by atoms with E-state index in [2.05, 4.69) is 36.3 Å². The third-order valence-corrected chi connectivity index (χ3v) is 1.47. The highest BCUT2D eigenvalue weighted by atomic mass is 79.9. The topological polar surface area (TPSA) is 67.6 Å². The molecule has 0 aliphatic carbocycles. The molecular weight excluding hydrogens is 212 g/mol. The highest BCUT2D eigenvalue weighted by molar-refractivity contribution is 9.10. The minimum absolute atomic E-state index is 0.439. The Morgan fingerprint density at radius 2 is 2.45 bits per heavy atom. The van der Waals surface area contributed by atoms with Crippen molar-refractivity contribution < 1.29 is 4.52 Å². The molecule has 0 aliphatic rings. The second kappa shape index (κ2) is 2.46. The van der Waals surface area contributed by atoms with Gasteiger partial charge in [0.2, 0.25) is 4.73 Å². The van der Waals surface area contributed by atoms with Crippen molar-refractivity contribution in [1.82, 2.24) is 20.3 Å². The third kappa shape index (κ3) is 1.16. The van der Waals surface area contributed by atoms with Gasteiger partial charge < -0.3 is 4.52 Å². The lowest BCUT2D eigenvalue weighted by Gasteiger charge is -1.79. The molecule has 1 N–H and O–H groups in total. The minimum Gasteiger partial charge on any atom is -0.333 e. The lowest BCUT2D eigenvalue weighted by molar-refractivity contribution is 0.426. The van der Waals surface area contributed by atoms with Crippen molar-refractivity contribution in [2.75, 3.05) is 0 Å². The molecule has 0 unspecified atom stereocenters. The van der Waals surface area contributed by atoms with Gasteiger partial charge in [0.15, 0.2) is 0 Å². The van der Waals surface area contributed by atoms with Crippen molar-refractivity contribution in [1.29, 1.82) is 0 Å². The summed E-state index contributed by atoms with van der Waals surface area (Å²) in [5.41, 5.74) is 0.781. The maximum atomic E-state index is 4.84. The van der Waals surface area contributed by atoms with Crippen LogP contribution in [0.3, 0.4) is 0 Å². The van der Waals surface area contributed by atoms with Gasteiger partial charge in [0.1, 0.15) is 0 Å². The Balaban J connectivity index is 2.45. The number of aromatic nitrogens is 4. The average Bonchev–Trinajstić information content (AvgIpc) is 2.55. The van der Waals surface area contributed by atoms with E-state index in [9.17, 15) is 0 Å². The summed E-state index contributed by atoms with van der Waals surface area (Å²) in [6, 6.07) is 0. The monoisotopic (exact) mass is 214 g/mol. The van der Waals surface area contributed by atoms with Crippen LogP contribution in [0, 0.1) is 0 Å². The van der Waals surface area contributed by atoms with Gasteiger partial charge >= 0.3 is 0 Å². The molecule has 0 bridgehead atoms. The number of nitrogens with one attached hydrogen (secondary N) is 1. The molecule has 6 heteroatoms. The van der Waals surface area contributed by atoms with Crippen LogP contribution in [-0.2, 0) is 0 Å². The molecule has 2 rings (SSSR count). The first-order valence-electron chi connectivity index (χ1n) is 2.84. The lowest BCUT2D eigenvalue weighted by atomic mass is 10.4. The van der Waals surface area contributed by atoms with Crippen LogP contribution in [0.15, 0.2) is 21.7 Å². The Morgan fingerprint density at radius 1 is 1.55 bits per heavy atom. The molecule has 0 spiro atoms. The molecule has 5 nitrogen and oxygen atoms in total. The van der Waals surface area contributed by atoms with E-state index < -0.39 is 0 Å². The third-order valence-electron chi connectivity index (χ3n) is 1.15. The van der Waals surface area contributed by atoms with Crippen molar-refractivity contribution in [3.63, 3.8) is 0 Å². The largest absolute Gasteiger partial charge is 0.333 e. The first kappa shape index (κ1) is 6.53. The van der Waals surface area contributed by atoms with Crippen LogP contribution < -0.4 is 0 Å². The molecule has 0 amide bonds. The van der Waals surface area contributed by atoms with Crippen molar-refractivity contribution >= 4 is 15.9 Å². The van der Waals surface area contributed by atoms with Gasteiger partial charge in [-0.3, -0.25) is 5.10 Å². The fraction of sp³-hybridized carbons (Fsp3) is 0. The van der Waals surface area contributed by atoms with Gasteiger partial charge in [-0.2, -0.15) is 10.1 Å². The highest BCUT2D eigenvalue weighted by Gasteiger charge is 2.06. The summed E-state index contributed by atoms with van der Waals surface area (Å²) in [7, 11) is 0. The number of hydrogen-bond acceptors (Lipinski definition) is 4. The van der Waals surface area contributed by atoms with Crippen LogP contribution in [0.4, 0.5) is 0 Å². The van der Waals surface area contributed by atoms with Crippen LogP contribution in [0.1, 0.15) is 0 Å². The normalized spacial score (nSPS) is 10.3. The maximum Gasteiger partial charge on any atom is 0.261 e. The number of nitrogens with zero attached hydrogens (tertiary/aromatic N) is 3. The Bertz CT molecular complexity index is 341. The first-order valence-corrected chi connectivity index (χ1v) is 3.64. The predicted molar refractivity (Wildman–Crippen MR) is 39.6 cm³/mol. The minimum atomic E-state index is 0.439. The Hall–Kier alpha value is -1.17. The average molecular weight is 215 g/mol. The summed E-state index contributed by atoms with van der Waals surface area (Å²) < 4.78 is 5.28. The molecule has 0 saturated carbocycles. The zero-order valence-electron chi connectivity index (χ0n) is 5.28.